The van der Waals surface area contributed by atoms with Gasteiger partial charge in [-0.1, -0.05) is 6.08 Å². The first-order valence-electron chi connectivity index (χ1n) is 8.31. The number of hydrogen-bond acceptors (Lipinski definition) is 5. The van der Waals surface area contributed by atoms with E-state index in [1.807, 2.05) is 13.0 Å². The Bertz CT molecular complexity index is 923. The molecular formula is C20H18BrNO5. The average Bonchev–Trinajstić information content (AvgIpc) is 2.65. The van der Waals surface area contributed by atoms with Gasteiger partial charge in [-0.2, -0.15) is 0 Å². The SMILES string of the molecule is CCOc1cc(C=CC(=O)c2ccc3c(c2)NC(=O)CO3)cc(Br)c1OC. The summed E-state index contributed by atoms with van der Waals surface area (Å²) in [6.07, 6.45) is 3.17. The van der Waals surface area contributed by atoms with Gasteiger partial charge in [-0.3, -0.25) is 9.59 Å². The highest BCUT2D eigenvalue weighted by atomic mass is 79.9. The summed E-state index contributed by atoms with van der Waals surface area (Å²) in [5, 5.41) is 2.69. The van der Waals surface area contributed by atoms with E-state index in [0.717, 1.165) is 10.0 Å². The van der Waals surface area contributed by atoms with Gasteiger partial charge in [-0.25, -0.2) is 0 Å². The number of nitrogens with one attached hydrogen (secondary N) is 1. The fourth-order valence-electron chi connectivity index (χ4n) is 2.65. The number of hydrogen-bond donors (Lipinski definition) is 1. The number of methoxy groups -OCH3 is 1. The van der Waals surface area contributed by atoms with Crippen molar-refractivity contribution in [2.24, 2.45) is 0 Å². The van der Waals surface area contributed by atoms with Gasteiger partial charge < -0.3 is 19.5 Å². The maximum absolute atomic E-state index is 12.5. The van der Waals surface area contributed by atoms with Crippen molar-refractivity contribution in [2.45, 2.75) is 6.92 Å². The lowest BCUT2D eigenvalue weighted by Gasteiger charge is -2.18. The predicted octanol–water partition coefficient (Wildman–Crippen LogP) is 4.08. The first-order chi connectivity index (χ1) is 13.0. The molecule has 0 aliphatic carbocycles. The molecule has 1 amide bonds. The molecule has 0 aromatic heterocycles. The van der Waals surface area contributed by atoms with Crippen LogP contribution in [0.1, 0.15) is 22.8 Å². The number of fused-ring (bicyclic) bond motifs is 1. The Hall–Kier alpha value is -2.80. The number of amides is 1. The van der Waals surface area contributed by atoms with Crippen LogP contribution in [0.2, 0.25) is 0 Å². The number of benzene rings is 2. The molecule has 0 radical (unpaired) electrons. The molecule has 0 unspecified atom stereocenters. The van der Waals surface area contributed by atoms with Gasteiger partial charge in [0.2, 0.25) is 0 Å². The highest BCUT2D eigenvalue weighted by Crippen LogP contribution is 2.37. The molecule has 140 valence electrons. The second kappa shape index (κ2) is 8.26. The van der Waals surface area contributed by atoms with E-state index in [9.17, 15) is 9.59 Å². The zero-order chi connectivity index (χ0) is 19.4. The van der Waals surface area contributed by atoms with Crippen LogP contribution in [-0.2, 0) is 4.79 Å². The fourth-order valence-corrected chi connectivity index (χ4v) is 3.27. The normalized spacial score (nSPS) is 12.9. The Labute approximate surface area is 165 Å². The van der Waals surface area contributed by atoms with Crippen molar-refractivity contribution in [3.05, 3.63) is 52.0 Å². The third kappa shape index (κ3) is 4.31. The van der Waals surface area contributed by atoms with Gasteiger partial charge in [-0.15, -0.1) is 0 Å². The first-order valence-corrected chi connectivity index (χ1v) is 9.10. The van der Waals surface area contributed by atoms with Crippen LogP contribution in [0, 0.1) is 0 Å². The van der Waals surface area contributed by atoms with Gasteiger partial charge in [0.25, 0.3) is 5.91 Å². The quantitative estimate of drug-likeness (QED) is 0.550. The Balaban J connectivity index is 1.83. The largest absolute Gasteiger partial charge is 0.492 e. The number of allylic oxidation sites excluding steroid dienone is 1. The molecular weight excluding hydrogens is 414 g/mol. The molecule has 0 saturated carbocycles. The zero-order valence-corrected chi connectivity index (χ0v) is 16.5. The number of rotatable bonds is 6. The van der Waals surface area contributed by atoms with E-state index in [0.29, 0.717) is 35.1 Å². The van der Waals surface area contributed by atoms with E-state index in [1.165, 1.54) is 6.08 Å². The van der Waals surface area contributed by atoms with Crippen LogP contribution in [0.4, 0.5) is 5.69 Å². The van der Waals surface area contributed by atoms with Crippen LogP contribution in [0.15, 0.2) is 40.9 Å². The lowest BCUT2D eigenvalue weighted by molar-refractivity contribution is -0.118. The van der Waals surface area contributed by atoms with E-state index >= 15 is 0 Å². The van der Waals surface area contributed by atoms with Crippen molar-refractivity contribution in [3.63, 3.8) is 0 Å². The third-order valence-corrected chi connectivity index (χ3v) is 4.45. The van der Waals surface area contributed by atoms with Crippen LogP contribution < -0.4 is 19.5 Å². The van der Waals surface area contributed by atoms with Crippen LogP contribution in [0.3, 0.4) is 0 Å². The molecule has 1 aliphatic rings. The maximum atomic E-state index is 12.5. The summed E-state index contributed by atoms with van der Waals surface area (Å²) in [6.45, 7) is 2.37. The third-order valence-electron chi connectivity index (χ3n) is 3.86. The molecule has 1 aliphatic heterocycles. The monoisotopic (exact) mass is 431 g/mol. The van der Waals surface area contributed by atoms with Crippen molar-refractivity contribution in [1.82, 2.24) is 0 Å². The zero-order valence-electron chi connectivity index (χ0n) is 14.9. The summed E-state index contributed by atoms with van der Waals surface area (Å²) < 4.78 is 16.9. The highest BCUT2D eigenvalue weighted by molar-refractivity contribution is 9.10. The van der Waals surface area contributed by atoms with Crippen molar-refractivity contribution in [3.8, 4) is 17.2 Å². The molecule has 6 nitrogen and oxygen atoms in total. The smallest absolute Gasteiger partial charge is 0.262 e. The van der Waals surface area contributed by atoms with Crippen LogP contribution in [-0.4, -0.2) is 32.0 Å². The van der Waals surface area contributed by atoms with Crippen molar-refractivity contribution in [1.29, 1.82) is 0 Å². The first kappa shape index (κ1) is 19.0. The summed E-state index contributed by atoms with van der Waals surface area (Å²) in [5.74, 6) is 1.31. The summed E-state index contributed by atoms with van der Waals surface area (Å²) in [5.41, 5.74) is 1.74. The molecule has 2 aromatic carbocycles. The minimum Gasteiger partial charge on any atom is -0.492 e. The Kier molecular flexibility index (Phi) is 5.81. The summed E-state index contributed by atoms with van der Waals surface area (Å²) in [6, 6.07) is 8.59. The molecule has 7 heteroatoms. The molecule has 0 atom stereocenters. The number of carbonyl (C=O) groups excluding carboxylic acids is 2. The van der Waals surface area contributed by atoms with Crippen molar-refractivity contribution in [2.75, 3.05) is 25.6 Å². The van der Waals surface area contributed by atoms with Crippen molar-refractivity contribution >= 4 is 39.4 Å². The topological polar surface area (TPSA) is 73.9 Å². The van der Waals surface area contributed by atoms with Gasteiger partial charge >= 0.3 is 0 Å². The number of carbonyl (C=O) groups is 2. The lowest BCUT2D eigenvalue weighted by Crippen LogP contribution is -2.25. The van der Waals surface area contributed by atoms with Gasteiger partial charge in [0.05, 0.1) is 23.9 Å². The standard InChI is InChI=1S/C20H18BrNO5/c1-3-26-18-9-12(8-14(21)20(18)25-2)4-6-16(23)13-5-7-17-15(10-13)22-19(24)11-27-17/h4-10H,3,11H2,1-2H3,(H,22,24). The Morgan fingerprint density at radius 1 is 1.33 bits per heavy atom. The van der Waals surface area contributed by atoms with Crippen molar-refractivity contribution < 1.29 is 23.8 Å². The molecule has 0 bridgehead atoms. The Morgan fingerprint density at radius 2 is 2.15 bits per heavy atom. The van der Waals surface area contributed by atoms with Gasteiger partial charge in [0.15, 0.2) is 23.9 Å². The van der Waals surface area contributed by atoms with E-state index in [1.54, 1.807) is 37.5 Å². The second-order valence-corrected chi connectivity index (χ2v) is 6.57. The molecule has 0 fully saturated rings. The van der Waals surface area contributed by atoms with E-state index in [2.05, 4.69) is 21.2 Å². The van der Waals surface area contributed by atoms with Crippen LogP contribution in [0.5, 0.6) is 17.2 Å². The van der Waals surface area contributed by atoms with Gasteiger partial charge in [-0.05, 0) is 64.8 Å². The number of halogens is 1. The minimum absolute atomic E-state index is 0.0191. The number of ether oxygens (including phenoxy) is 3. The minimum atomic E-state index is -0.242. The van der Waals surface area contributed by atoms with Gasteiger partial charge in [0.1, 0.15) is 5.75 Å². The van der Waals surface area contributed by atoms with Crippen LogP contribution in [0.25, 0.3) is 6.08 Å². The molecule has 2 aromatic rings. The van der Waals surface area contributed by atoms with Gasteiger partial charge in [0, 0.05) is 5.56 Å². The number of anilines is 1. The molecule has 1 heterocycles. The highest BCUT2D eigenvalue weighted by Gasteiger charge is 2.17. The van der Waals surface area contributed by atoms with E-state index in [-0.39, 0.29) is 18.3 Å². The Morgan fingerprint density at radius 3 is 2.89 bits per heavy atom. The summed E-state index contributed by atoms with van der Waals surface area (Å²) in [4.78, 5) is 23.9. The lowest BCUT2D eigenvalue weighted by atomic mass is 10.1. The summed E-state index contributed by atoms with van der Waals surface area (Å²) in [7, 11) is 1.57. The second-order valence-electron chi connectivity index (χ2n) is 5.71. The molecule has 1 N–H and O–H groups in total. The van der Waals surface area contributed by atoms with Crippen LogP contribution >= 0.6 is 15.9 Å². The summed E-state index contributed by atoms with van der Waals surface area (Å²) >= 11 is 3.45. The van der Waals surface area contributed by atoms with E-state index in [4.69, 9.17) is 14.2 Å². The fraction of sp³-hybridized carbons (Fsp3) is 0.200. The molecule has 0 saturated heterocycles. The molecule has 0 spiro atoms. The molecule has 27 heavy (non-hydrogen) atoms. The molecule has 3 rings (SSSR count). The number of ketones is 1. The maximum Gasteiger partial charge on any atom is 0.262 e. The predicted molar refractivity (Wildman–Crippen MR) is 106 cm³/mol. The van der Waals surface area contributed by atoms with E-state index < -0.39 is 0 Å². The average molecular weight is 432 g/mol.